The number of amides is 1. The van der Waals surface area contributed by atoms with Gasteiger partial charge in [-0.1, -0.05) is 0 Å². The third-order valence-electron chi connectivity index (χ3n) is 2.97. The van der Waals surface area contributed by atoms with Gasteiger partial charge in [-0.2, -0.15) is 0 Å². The zero-order valence-electron chi connectivity index (χ0n) is 10.9. The summed E-state index contributed by atoms with van der Waals surface area (Å²) in [7, 11) is 1.74. The van der Waals surface area contributed by atoms with Gasteiger partial charge < -0.3 is 20.1 Å². The predicted molar refractivity (Wildman–Crippen MR) is 68.7 cm³/mol. The summed E-state index contributed by atoms with van der Waals surface area (Å²) in [6.45, 7) is 1.14. The van der Waals surface area contributed by atoms with Crippen LogP contribution >= 0.6 is 0 Å². The minimum atomic E-state index is -0.933. The van der Waals surface area contributed by atoms with Crippen molar-refractivity contribution in [2.24, 2.45) is 0 Å². The topological polar surface area (TPSA) is 87.6 Å². The molecule has 19 heavy (non-hydrogen) atoms. The van der Waals surface area contributed by atoms with Crippen LogP contribution in [0.5, 0.6) is 0 Å². The summed E-state index contributed by atoms with van der Waals surface area (Å²) in [5, 5.41) is 12.7. The lowest BCUT2D eigenvalue weighted by Gasteiger charge is -2.22. The average molecular weight is 266 g/mol. The Morgan fingerprint density at radius 1 is 1.58 bits per heavy atom. The summed E-state index contributed by atoms with van der Waals surface area (Å²) in [6.07, 6.45) is 3.79. The normalized spacial score (nSPS) is 22.2. The van der Waals surface area contributed by atoms with Crippen molar-refractivity contribution in [3.05, 3.63) is 18.5 Å². The number of hydrogen-bond acceptors (Lipinski definition) is 6. The Labute approximate surface area is 111 Å². The van der Waals surface area contributed by atoms with E-state index >= 15 is 0 Å². The van der Waals surface area contributed by atoms with E-state index < -0.39 is 5.60 Å². The monoisotopic (exact) mass is 266 g/mol. The number of carbonyl (C=O) groups excluding carboxylic acids is 1. The van der Waals surface area contributed by atoms with Crippen LogP contribution in [-0.2, 0) is 9.53 Å². The third kappa shape index (κ3) is 3.87. The highest BCUT2D eigenvalue weighted by Gasteiger charge is 2.32. The SMILES string of the molecule is CN(CC(=O)NCC1(O)CCOC1)c1ncccn1. The molecule has 7 heteroatoms. The molecular formula is C12H18N4O3. The van der Waals surface area contributed by atoms with Crippen molar-refractivity contribution in [3.8, 4) is 0 Å². The van der Waals surface area contributed by atoms with Crippen LogP contribution in [0.15, 0.2) is 18.5 Å². The molecule has 1 amide bonds. The van der Waals surface area contributed by atoms with Gasteiger partial charge in [0.15, 0.2) is 0 Å². The molecule has 7 nitrogen and oxygen atoms in total. The Balaban J connectivity index is 1.78. The molecule has 0 bridgehead atoms. The molecule has 0 aliphatic carbocycles. The van der Waals surface area contributed by atoms with Crippen LogP contribution in [0.1, 0.15) is 6.42 Å². The van der Waals surface area contributed by atoms with E-state index in [2.05, 4.69) is 15.3 Å². The van der Waals surface area contributed by atoms with Crippen LogP contribution < -0.4 is 10.2 Å². The first kappa shape index (κ1) is 13.7. The maximum Gasteiger partial charge on any atom is 0.239 e. The van der Waals surface area contributed by atoms with Crippen LogP contribution in [0.25, 0.3) is 0 Å². The zero-order valence-corrected chi connectivity index (χ0v) is 10.9. The van der Waals surface area contributed by atoms with Crippen molar-refractivity contribution in [1.82, 2.24) is 15.3 Å². The Hall–Kier alpha value is -1.73. The fraction of sp³-hybridized carbons (Fsp3) is 0.583. The predicted octanol–water partition coefficient (Wildman–Crippen LogP) is -0.820. The van der Waals surface area contributed by atoms with Crippen LogP contribution in [0.3, 0.4) is 0 Å². The zero-order chi connectivity index (χ0) is 13.7. The molecule has 0 radical (unpaired) electrons. The summed E-state index contributed by atoms with van der Waals surface area (Å²) in [5.41, 5.74) is -0.933. The number of carbonyl (C=O) groups is 1. The summed E-state index contributed by atoms with van der Waals surface area (Å²) in [4.78, 5) is 21.5. The number of hydrogen-bond donors (Lipinski definition) is 2. The number of aliphatic hydroxyl groups is 1. The van der Waals surface area contributed by atoms with Gasteiger partial charge in [0.1, 0.15) is 5.60 Å². The molecule has 2 heterocycles. The average Bonchev–Trinajstić information content (AvgIpc) is 2.85. The van der Waals surface area contributed by atoms with Crippen molar-refractivity contribution in [2.45, 2.75) is 12.0 Å². The number of aromatic nitrogens is 2. The molecular weight excluding hydrogens is 248 g/mol. The molecule has 1 aromatic rings. The van der Waals surface area contributed by atoms with Crippen molar-refractivity contribution < 1.29 is 14.6 Å². The van der Waals surface area contributed by atoms with E-state index in [1.54, 1.807) is 30.4 Å². The molecule has 2 N–H and O–H groups in total. The number of nitrogens with zero attached hydrogens (tertiary/aromatic N) is 3. The van der Waals surface area contributed by atoms with E-state index in [9.17, 15) is 9.90 Å². The Morgan fingerprint density at radius 2 is 2.32 bits per heavy atom. The fourth-order valence-corrected chi connectivity index (χ4v) is 1.83. The lowest BCUT2D eigenvalue weighted by atomic mass is 10.0. The number of anilines is 1. The Bertz CT molecular complexity index is 420. The first-order chi connectivity index (χ1) is 9.09. The first-order valence-electron chi connectivity index (χ1n) is 6.14. The minimum Gasteiger partial charge on any atom is -0.386 e. The van der Waals surface area contributed by atoms with E-state index in [0.29, 0.717) is 19.0 Å². The van der Waals surface area contributed by atoms with Crippen LogP contribution in [0.2, 0.25) is 0 Å². The van der Waals surface area contributed by atoms with E-state index in [-0.39, 0.29) is 25.6 Å². The molecule has 1 aromatic heterocycles. The van der Waals surface area contributed by atoms with Gasteiger partial charge in [0, 0.05) is 39.0 Å². The van der Waals surface area contributed by atoms with Gasteiger partial charge in [0.25, 0.3) is 0 Å². The lowest BCUT2D eigenvalue weighted by Crippen LogP contribution is -2.46. The highest BCUT2D eigenvalue weighted by atomic mass is 16.5. The van der Waals surface area contributed by atoms with E-state index in [4.69, 9.17) is 4.74 Å². The Morgan fingerprint density at radius 3 is 2.95 bits per heavy atom. The van der Waals surface area contributed by atoms with Crippen molar-refractivity contribution in [1.29, 1.82) is 0 Å². The lowest BCUT2D eigenvalue weighted by molar-refractivity contribution is -0.121. The van der Waals surface area contributed by atoms with Gasteiger partial charge in [-0.25, -0.2) is 9.97 Å². The summed E-state index contributed by atoms with van der Waals surface area (Å²) < 4.78 is 5.11. The van der Waals surface area contributed by atoms with Crippen molar-refractivity contribution in [2.75, 3.05) is 38.3 Å². The minimum absolute atomic E-state index is 0.140. The highest BCUT2D eigenvalue weighted by Crippen LogP contribution is 2.16. The van der Waals surface area contributed by atoms with E-state index in [0.717, 1.165) is 0 Å². The second-order valence-electron chi connectivity index (χ2n) is 4.71. The molecule has 1 aliphatic heterocycles. The second-order valence-corrected chi connectivity index (χ2v) is 4.71. The molecule has 0 aromatic carbocycles. The summed E-state index contributed by atoms with van der Waals surface area (Å²) in [6, 6.07) is 1.72. The summed E-state index contributed by atoms with van der Waals surface area (Å²) in [5.74, 6) is 0.302. The number of likely N-dealkylation sites (N-methyl/N-ethyl adjacent to an activating group) is 1. The molecule has 1 fully saturated rings. The van der Waals surface area contributed by atoms with Crippen LogP contribution in [-0.4, -0.2) is 59.9 Å². The van der Waals surface area contributed by atoms with Gasteiger partial charge >= 0.3 is 0 Å². The smallest absolute Gasteiger partial charge is 0.239 e. The molecule has 2 rings (SSSR count). The number of nitrogens with one attached hydrogen (secondary N) is 1. The van der Waals surface area contributed by atoms with Crippen molar-refractivity contribution >= 4 is 11.9 Å². The number of ether oxygens (including phenoxy) is 1. The molecule has 1 unspecified atom stereocenters. The molecule has 1 atom stereocenters. The molecule has 1 saturated heterocycles. The molecule has 0 spiro atoms. The van der Waals surface area contributed by atoms with Gasteiger partial charge in [0.2, 0.25) is 11.9 Å². The van der Waals surface area contributed by atoms with Crippen LogP contribution in [0.4, 0.5) is 5.95 Å². The first-order valence-corrected chi connectivity index (χ1v) is 6.14. The highest BCUT2D eigenvalue weighted by molar-refractivity contribution is 5.80. The van der Waals surface area contributed by atoms with Crippen molar-refractivity contribution in [3.63, 3.8) is 0 Å². The largest absolute Gasteiger partial charge is 0.386 e. The van der Waals surface area contributed by atoms with Gasteiger partial charge in [0.05, 0.1) is 13.2 Å². The molecule has 1 aliphatic rings. The second kappa shape index (κ2) is 5.94. The van der Waals surface area contributed by atoms with Crippen LogP contribution in [0, 0.1) is 0 Å². The van der Waals surface area contributed by atoms with E-state index in [1.165, 1.54) is 0 Å². The Kier molecular flexibility index (Phi) is 4.28. The third-order valence-corrected chi connectivity index (χ3v) is 2.97. The van der Waals surface area contributed by atoms with Gasteiger partial charge in [-0.3, -0.25) is 4.79 Å². The van der Waals surface area contributed by atoms with Gasteiger partial charge in [-0.05, 0) is 6.07 Å². The molecule has 104 valence electrons. The standard InChI is InChI=1S/C12H18N4O3/c1-16(11-13-4-2-5-14-11)7-10(17)15-8-12(18)3-6-19-9-12/h2,4-5,18H,3,6-9H2,1H3,(H,15,17). The molecule has 0 saturated carbocycles. The van der Waals surface area contributed by atoms with E-state index in [1.807, 2.05) is 0 Å². The van der Waals surface area contributed by atoms with Gasteiger partial charge in [-0.15, -0.1) is 0 Å². The quantitative estimate of drug-likeness (QED) is 0.724. The fourth-order valence-electron chi connectivity index (χ4n) is 1.83. The number of rotatable bonds is 5. The maximum absolute atomic E-state index is 11.8. The summed E-state index contributed by atoms with van der Waals surface area (Å²) >= 11 is 0. The maximum atomic E-state index is 11.8.